The van der Waals surface area contributed by atoms with Gasteiger partial charge in [0.1, 0.15) is 5.75 Å². The van der Waals surface area contributed by atoms with Crippen LogP contribution in [-0.4, -0.2) is 35.9 Å². The average molecular weight is 401 g/mol. The van der Waals surface area contributed by atoms with Gasteiger partial charge in [0.2, 0.25) is 0 Å². The molecule has 1 unspecified atom stereocenters. The lowest BCUT2D eigenvalue weighted by Crippen LogP contribution is -2.41. The summed E-state index contributed by atoms with van der Waals surface area (Å²) in [6, 6.07) is 13.0. The van der Waals surface area contributed by atoms with Crippen molar-refractivity contribution < 1.29 is 14.3 Å². The Morgan fingerprint density at radius 2 is 1.89 bits per heavy atom. The van der Waals surface area contributed by atoms with Crippen molar-refractivity contribution in [1.29, 1.82) is 0 Å². The van der Waals surface area contributed by atoms with E-state index in [2.05, 4.69) is 5.32 Å². The molecule has 1 atom stereocenters. The van der Waals surface area contributed by atoms with E-state index < -0.39 is 6.10 Å². The summed E-state index contributed by atoms with van der Waals surface area (Å²) in [5.41, 5.74) is 2.49. The van der Waals surface area contributed by atoms with Gasteiger partial charge in [0.05, 0.1) is 0 Å². The number of halogens is 1. The van der Waals surface area contributed by atoms with Crippen molar-refractivity contribution in [2.45, 2.75) is 45.4 Å². The standard InChI is InChI=1S/C22H25ClN2O3/c1-14-12-18(23)8-11-20(14)28-15(2)22(27)25(19-9-10-19)13-16-4-6-17(7-5-16)21(26)24-3/h4-8,11-12,15,19H,9-10,13H2,1-3H3,(H,24,26). The van der Waals surface area contributed by atoms with Gasteiger partial charge in [-0.2, -0.15) is 0 Å². The van der Waals surface area contributed by atoms with Crippen LogP contribution in [0.25, 0.3) is 0 Å². The first-order valence-electron chi connectivity index (χ1n) is 9.43. The number of amides is 2. The molecular weight excluding hydrogens is 376 g/mol. The maximum Gasteiger partial charge on any atom is 0.263 e. The summed E-state index contributed by atoms with van der Waals surface area (Å²) in [4.78, 5) is 26.6. The number of aryl methyl sites for hydroxylation is 1. The van der Waals surface area contributed by atoms with E-state index in [0.717, 1.165) is 24.0 Å². The number of hydrogen-bond acceptors (Lipinski definition) is 3. The van der Waals surface area contributed by atoms with Gasteiger partial charge < -0.3 is 15.0 Å². The quantitative estimate of drug-likeness (QED) is 0.765. The highest BCUT2D eigenvalue weighted by molar-refractivity contribution is 6.30. The van der Waals surface area contributed by atoms with Crippen LogP contribution in [-0.2, 0) is 11.3 Å². The minimum atomic E-state index is -0.592. The summed E-state index contributed by atoms with van der Waals surface area (Å²) in [6.45, 7) is 4.19. The Balaban J connectivity index is 1.69. The third-order valence-corrected chi connectivity index (χ3v) is 5.09. The average Bonchev–Trinajstić information content (AvgIpc) is 3.52. The van der Waals surface area contributed by atoms with Crippen LogP contribution in [0.15, 0.2) is 42.5 Å². The predicted octanol–water partition coefficient (Wildman–Crippen LogP) is 3.97. The Bertz CT molecular complexity index is 863. The van der Waals surface area contributed by atoms with Crippen LogP contribution in [0.3, 0.4) is 0 Å². The number of ether oxygens (including phenoxy) is 1. The molecule has 5 nitrogen and oxygen atoms in total. The zero-order valence-electron chi connectivity index (χ0n) is 16.4. The Morgan fingerprint density at radius 3 is 2.46 bits per heavy atom. The summed E-state index contributed by atoms with van der Waals surface area (Å²) in [5, 5.41) is 3.25. The van der Waals surface area contributed by atoms with Crippen molar-refractivity contribution in [3.8, 4) is 5.75 Å². The van der Waals surface area contributed by atoms with Gasteiger partial charge in [-0.1, -0.05) is 23.7 Å². The van der Waals surface area contributed by atoms with Gasteiger partial charge >= 0.3 is 0 Å². The number of nitrogens with one attached hydrogen (secondary N) is 1. The first kappa shape index (κ1) is 20.2. The summed E-state index contributed by atoms with van der Waals surface area (Å²) >= 11 is 5.99. The van der Waals surface area contributed by atoms with Crippen LogP contribution in [0, 0.1) is 6.92 Å². The number of carbonyl (C=O) groups excluding carboxylic acids is 2. The van der Waals surface area contributed by atoms with Gasteiger partial charge in [-0.25, -0.2) is 0 Å². The third-order valence-electron chi connectivity index (χ3n) is 4.86. The highest BCUT2D eigenvalue weighted by atomic mass is 35.5. The molecule has 0 bridgehead atoms. The van der Waals surface area contributed by atoms with E-state index in [1.165, 1.54) is 0 Å². The molecule has 2 aromatic carbocycles. The highest BCUT2D eigenvalue weighted by Gasteiger charge is 2.35. The smallest absolute Gasteiger partial charge is 0.263 e. The molecule has 3 rings (SSSR count). The molecule has 1 saturated carbocycles. The Kier molecular flexibility index (Phi) is 6.25. The Labute approximate surface area is 170 Å². The van der Waals surface area contributed by atoms with E-state index in [9.17, 15) is 9.59 Å². The number of rotatable bonds is 7. The van der Waals surface area contributed by atoms with Crippen LogP contribution in [0.5, 0.6) is 5.75 Å². The van der Waals surface area contributed by atoms with Crippen molar-refractivity contribution in [2.75, 3.05) is 7.05 Å². The van der Waals surface area contributed by atoms with Crippen LogP contribution in [0.2, 0.25) is 5.02 Å². The molecule has 6 heteroatoms. The zero-order chi connectivity index (χ0) is 20.3. The molecule has 0 saturated heterocycles. The van der Waals surface area contributed by atoms with Gasteiger partial charge in [0, 0.05) is 30.2 Å². The van der Waals surface area contributed by atoms with E-state index in [4.69, 9.17) is 16.3 Å². The lowest BCUT2D eigenvalue weighted by Gasteiger charge is -2.26. The molecule has 1 fully saturated rings. The van der Waals surface area contributed by atoms with Crippen LogP contribution < -0.4 is 10.1 Å². The van der Waals surface area contributed by atoms with Crippen molar-refractivity contribution in [3.63, 3.8) is 0 Å². The zero-order valence-corrected chi connectivity index (χ0v) is 17.1. The van der Waals surface area contributed by atoms with E-state index in [1.54, 1.807) is 38.2 Å². The summed E-state index contributed by atoms with van der Waals surface area (Å²) in [5.74, 6) is 0.505. The van der Waals surface area contributed by atoms with Gasteiger partial charge in [-0.3, -0.25) is 9.59 Å². The topological polar surface area (TPSA) is 58.6 Å². The number of nitrogens with zero attached hydrogens (tertiary/aromatic N) is 1. The van der Waals surface area contributed by atoms with Crippen molar-refractivity contribution >= 4 is 23.4 Å². The lowest BCUT2D eigenvalue weighted by molar-refractivity contribution is -0.139. The fourth-order valence-electron chi connectivity index (χ4n) is 3.10. The largest absolute Gasteiger partial charge is 0.481 e. The monoisotopic (exact) mass is 400 g/mol. The van der Waals surface area contributed by atoms with E-state index in [1.807, 2.05) is 30.0 Å². The van der Waals surface area contributed by atoms with Crippen LogP contribution >= 0.6 is 11.6 Å². The normalized spacial score (nSPS) is 14.3. The molecule has 0 spiro atoms. The summed E-state index contributed by atoms with van der Waals surface area (Å²) in [6.07, 6.45) is 1.43. The maximum atomic E-state index is 13.0. The molecular formula is C22H25ClN2O3. The fraction of sp³-hybridized carbons (Fsp3) is 0.364. The minimum absolute atomic E-state index is 0.0350. The molecule has 0 aliphatic heterocycles. The SMILES string of the molecule is CNC(=O)c1ccc(CN(C(=O)C(C)Oc2ccc(Cl)cc2C)C2CC2)cc1. The molecule has 0 aromatic heterocycles. The molecule has 148 valence electrons. The van der Waals surface area contributed by atoms with Crippen molar-refractivity contribution in [3.05, 3.63) is 64.2 Å². The highest BCUT2D eigenvalue weighted by Crippen LogP contribution is 2.30. The number of carbonyl (C=O) groups is 2. The minimum Gasteiger partial charge on any atom is -0.481 e. The molecule has 1 aliphatic carbocycles. The predicted molar refractivity (Wildman–Crippen MR) is 110 cm³/mol. The van der Waals surface area contributed by atoms with Gasteiger partial charge in [0.15, 0.2) is 6.10 Å². The van der Waals surface area contributed by atoms with Crippen molar-refractivity contribution in [1.82, 2.24) is 10.2 Å². The first-order chi connectivity index (χ1) is 13.4. The van der Waals surface area contributed by atoms with Gasteiger partial charge in [-0.15, -0.1) is 0 Å². The molecule has 2 aromatic rings. The summed E-state index contributed by atoms with van der Waals surface area (Å²) < 4.78 is 5.92. The fourth-order valence-corrected chi connectivity index (χ4v) is 3.32. The van der Waals surface area contributed by atoms with E-state index in [0.29, 0.717) is 22.9 Å². The molecule has 1 N–H and O–H groups in total. The van der Waals surface area contributed by atoms with Crippen LogP contribution in [0.4, 0.5) is 0 Å². The molecule has 0 radical (unpaired) electrons. The van der Waals surface area contributed by atoms with E-state index >= 15 is 0 Å². The molecule has 1 aliphatic rings. The summed E-state index contributed by atoms with van der Waals surface area (Å²) in [7, 11) is 1.60. The van der Waals surface area contributed by atoms with Crippen LogP contribution in [0.1, 0.15) is 41.3 Å². The lowest BCUT2D eigenvalue weighted by atomic mass is 10.1. The number of benzene rings is 2. The Morgan fingerprint density at radius 1 is 1.21 bits per heavy atom. The van der Waals surface area contributed by atoms with Gasteiger partial charge in [0.25, 0.3) is 11.8 Å². The van der Waals surface area contributed by atoms with Gasteiger partial charge in [-0.05, 0) is 68.1 Å². The molecule has 0 heterocycles. The second-order valence-electron chi connectivity index (χ2n) is 7.14. The number of hydrogen-bond donors (Lipinski definition) is 1. The second-order valence-corrected chi connectivity index (χ2v) is 7.58. The second kappa shape index (κ2) is 8.65. The molecule has 2 amide bonds. The van der Waals surface area contributed by atoms with Crippen molar-refractivity contribution in [2.24, 2.45) is 0 Å². The third kappa shape index (κ3) is 4.84. The Hall–Kier alpha value is -2.53. The van der Waals surface area contributed by atoms with E-state index in [-0.39, 0.29) is 17.9 Å². The maximum absolute atomic E-state index is 13.0. The molecule has 28 heavy (non-hydrogen) atoms. The first-order valence-corrected chi connectivity index (χ1v) is 9.81.